The summed E-state index contributed by atoms with van der Waals surface area (Å²) in [6.07, 6.45) is 3.34. The lowest BCUT2D eigenvalue weighted by Gasteiger charge is -2.32. The van der Waals surface area contributed by atoms with Gasteiger partial charge in [-0.25, -0.2) is 0 Å². The predicted octanol–water partition coefficient (Wildman–Crippen LogP) is 2.72. The molecule has 2 rings (SSSR count). The number of likely N-dealkylation sites (N-methyl/N-ethyl adjacent to an activating group) is 1. The molecule has 1 aromatic carbocycles. The van der Waals surface area contributed by atoms with E-state index >= 15 is 0 Å². The van der Waals surface area contributed by atoms with Gasteiger partial charge in [-0.15, -0.1) is 0 Å². The molecule has 1 fully saturated rings. The van der Waals surface area contributed by atoms with Gasteiger partial charge >= 0.3 is 0 Å². The van der Waals surface area contributed by atoms with E-state index in [-0.39, 0.29) is 11.9 Å². The number of amides is 1. The van der Waals surface area contributed by atoms with Crippen molar-refractivity contribution < 1.29 is 4.79 Å². The molecule has 0 spiro atoms. The maximum Gasteiger partial charge on any atom is 0.251 e. The minimum absolute atomic E-state index is 0.0417. The fourth-order valence-corrected chi connectivity index (χ4v) is 2.74. The standard InChI is InChI=1S/C17H27N3O/c1-3-11-18-15-9-7-14(8-10-15)17(21)19-16-6-5-12-20(4-2)13-16/h7-10,16,18H,3-6,11-13H2,1-2H3,(H,19,21). The second-order valence-corrected chi connectivity index (χ2v) is 5.71. The molecule has 1 saturated heterocycles. The Bertz CT molecular complexity index is 444. The second-order valence-electron chi connectivity index (χ2n) is 5.71. The van der Waals surface area contributed by atoms with Gasteiger partial charge in [0, 0.05) is 30.4 Å². The summed E-state index contributed by atoms with van der Waals surface area (Å²) < 4.78 is 0. The molecule has 2 N–H and O–H groups in total. The van der Waals surface area contributed by atoms with Crippen molar-refractivity contribution >= 4 is 11.6 Å². The van der Waals surface area contributed by atoms with E-state index in [1.807, 2.05) is 24.3 Å². The Morgan fingerprint density at radius 1 is 1.29 bits per heavy atom. The molecule has 1 atom stereocenters. The molecule has 0 radical (unpaired) electrons. The minimum atomic E-state index is 0.0417. The molecule has 1 amide bonds. The normalized spacial score (nSPS) is 19.2. The van der Waals surface area contributed by atoms with Crippen molar-refractivity contribution in [1.29, 1.82) is 0 Å². The van der Waals surface area contributed by atoms with Gasteiger partial charge in [-0.3, -0.25) is 4.79 Å². The Morgan fingerprint density at radius 3 is 2.71 bits per heavy atom. The SMILES string of the molecule is CCCNc1ccc(C(=O)NC2CCCN(CC)C2)cc1. The molecule has 21 heavy (non-hydrogen) atoms. The summed E-state index contributed by atoms with van der Waals surface area (Å²) in [5, 5.41) is 6.48. The summed E-state index contributed by atoms with van der Waals surface area (Å²) in [6.45, 7) is 8.45. The van der Waals surface area contributed by atoms with E-state index in [4.69, 9.17) is 0 Å². The number of hydrogen-bond acceptors (Lipinski definition) is 3. The van der Waals surface area contributed by atoms with Crippen LogP contribution < -0.4 is 10.6 Å². The quantitative estimate of drug-likeness (QED) is 0.846. The predicted molar refractivity (Wildman–Crippen MR) is 87.8 cm³/mol. The van der Waals surface area contributed by atoms with Crippen LogP contribution in [0.1, 0.15) is 43.5 Å². The zero-order valence-corrected chi connectivity index (χ0v) is 13.2. The number of rotatable bonds is 6. The maximum atomic E-state index is 12.3. The van der Waals surface area contributed by atoms with Crippen LogP contribution in [0.5, 0.6) is 0 Å². The highest BCUT2D eigenvalue weighted by Crippen LogP contribution is 2.12. The van der Waals surface area contributed by atoms with Gasteiger partial charge in [0.05, 0.1) is 0 Å². The zero-order valence-electron chi connectivity index (χ0n) is 13.2. The molecule has 0 saturated carbocycles. The van der Waals surface area contributed by atoms with Crippen molar-refractivity contribution in [2.45, 2.75) is 39.2 Å². The fourth-order valence-electron chi connectivity index (χ4n) is 2.74. The number of likely N-dealkylation sites (tertiary alicyclic amines) is 1. The van der Waals surface area contributed by atoms with E-state index in [1.165, 1.54) is 6.42 Å². The third-order valence-electron chi connectivity index (χ3n) is 4.01. The van der Waals surface area contributed by atoms with Gasteiger partial charge < -0.3 is 15.5 Å². The van der Waals surface area contributed by atoms with Crippen LogP contribution in [0.4, 0.5) is 5.69 Å². The first-order valence-electron chi connectivity index (χ1n) is 8.10. The van der Waals surface area contributed by atoms with Crippen molar-refractivity contribution in [3.05, 3.63) is 29.8 Å². The fraction of sp³-hybridized carbons (Fsp3) is 0.588. The van der Waals surface area contributed by atoms with Crippen LogP contribution in [0.25, 0.3) is 0 Å². The third kappa shape index (κ3) is 4.74. The molecule has 1 heterocycles. The molecule has 0 aliphatic carbocycles. The summed E-state index contributed by atoms with van der Waals surface area (Å²) >= 11 is 0. The van der Waals surface area contributed by atoms with Crippen molar-refractivity contribution in [3.63, 3.8) is 0 Å². The molecular weight excluding hydrogens is 262 g/mol. The lowest BCUT2D eigenvalue weighted by molar-refractivity contribution is 0.0906. The van der Waals surface area contributed by atoms with Crippen LogP contribution in [0.15, 0.2) is 24.3 Å². The van der Waals surface area contributed by atoms with Gasteiger partial charge in [-0.2, -0.15) is 0 Å². The summed E-state index contributed by atoms with van der Waals surface area (Å²) in [5.74, 6) is 0.0417. The molecule has 1 aromatic rings. The maximum absolute atomic E-state index is 12.3. The highest BCUT2D eigenvalue weighted by atomic mass is 16.1. The van der Waals surface area contributed by atoms with Gasteiger partial charge in [-0.05, 0) is 56.6 Å². The van der Waals surface area contributed by atoms with Crippen molar-refractivity contribution in [2.24, 2.45) is 0 Å². The van der Waals surface area contributed by atoms with Crippen LogP contribution >= 0.6 is 0 Å². The largest absolute Gasteiger partial charge is 0.385 e. The summed E-state index contributed by atoms with van der Waals surface area (Å²) in [5.41, 5.74) is 1.81. The number of piperidine rings is 1. The van der Waals surface area contributed by atoms with Gasteiger partial charge in [-0.1, -0.05) is 13.8 Å². The minimum Gasteiger partial charge on any atom is -0.385 e. The van der Waals surface area contributed by atoms with Crippen LogP contribution in [-0.2, 0) is 0 Å². The topological polar surface area (TPSA) is 44.4 Å². The highest BCUT2D eigenvalue weighted by Gasteiger charge is 2.20. The van der Waals surface area contributed by atoms with E-state index in [0.29, 0.717) is 0 Å². The van der Waals surface area contributed by atoms with Gasteiger partial charge in [0.1, 0.15) is 0 Å². The number of carbonyl (C=O) groups is 1. The van der Waals surface area contributed by atoms with Crippen molar-refractivity contribution in [1.82, 2.24) is 10.2 Å². The van der Waals surface area contributed by atoms with Crippen LogP contribution in [-0.4, -0.2) is 43.0 Å². The number of hydrogen-bond donors (Lipinski definition) is 2. The van der Waals surface area contributed by atoms with Crippen molar-refractivity contribution in [2.75, 3.05) is 31.5 Å². The number of benzene rings is 1. The average molecular weight is 289 g/mol. The Kier molecular flexibility index (Phi) is 6.05. The van der Waals surface area contributed by atoms with Gasteiger partial charge in [0.25, 0.3) is 5.91 Å². The van der Waals surface area contributed by atoms with Crippen LogP contribution in [0.3, 0.4) is 0 Å². The second kappa shape index (κ2) is 8.03. The van der Waals surface area contributed by atoms with Gasteiger partial charge in [0.15, 0.2) is 0 Å². The molecule has 4 heteroatoms. The Hall–Kier alpha value is -1.55. The molecule has 1 unspecified atom stereocenters. The van der Waals surface area contributed by atoms with E-state index in [1.54, 1.807) is 0 Å². The number of nitrogens with one attached hydrogen (secondary N) is 2. The van der Waals surface area contributed by atoms with Crippen molar-refractivity contribution in [3.8, 4) is 0 Å². The lowest BCUT2D eigenvalue weighted by atomic mass is 10.1. The highest BCUT2D eigenvalue weighted by molar-refractivity contribution is 5.94. The monoisotopic (exact) mass is 289 g/mol. The number of nitrogens with zero attached hydrogens (tertiary/aromatic N) is 1. The summed E-state index contributed by atoms with van der Waals surface area (Å²) in [7, 11) is 0. The molecular formula is C17H27N3O. The molecule has 116 valence electrons. The van der Waals surface area contributed by atoms with E-state index in [0.717, 1.165) is 50.3 Å². The molecule has 0 aromatic heterocycles. The number of carbonyl (C=O) groups excluding carboxylic acids is 1. The first-order valence-corrected chi connectivity index (χ1v) is 8.10. The molecule has 1 aliphatic rings. The Morgan fingerprint density at radius 2 is 2.05 bits per heavy atom. The number of anilines is 1. The third-order valence-corrected chi connectivity index (χ3v) is 4.01. The zero-order chi connectivity index (χ0) is 15.1. The lowest BCUT2D eigenvalue weighted by Crippen LogP contribution is -2.47. The molecule has 4 nitrogen and oxygen atoms in total. The molecule has 0 bridgehead atoms. The smallest absolute Gasteiger partial charge is 0.251 e. The Labute approximate surface area is 127 Å². The first kappa shape index (κ1) is 15.8. The summed E-state index contributed by atoms with van der Waals surface area (Å²) in [6, 6.07) is 8.03. The Balaban J connectivity index is 1.87. The van der Waals surface area contributed by atoms with E-state index in [9.17, 15) is 4.79 Å². The summed E-state index contributed by atoms with van der Waals surface area (Å²) in [4.78, 5) is 14.7. The van der Waals surface area contributed by atoms with Crippen LogP contribution in [0.2, 0.25) is 0 Å². The van der Waals surface area contributed by atoms with E-state index in [2.05, 4.69) is 29.4 Å². The van der Waals surface area contributed by atoms with Gasteiger partial charge in [0.2, 0.25) is 0 Å². The van der Waals surface area contributed by atoms with E-state index < -0.39 is 0 Å². The molecule has 1 aliphatic heterocycles. The average Bonchev–Trinajstić information content (AvgIpc) is 2.53. The first-order chi connectivity index (χ1) is 10.2. The van der Waals surface area contributed by atoms with Crippen LogP contribution in [0, 0.1) is 0 Å².